The number of ether oxygens (including phenoxy) is 1. The van der Waals surface area contributed by atoms with E-state index in [9.17, 15) is 19.2 Å². The van der Waals surface area contributed by atoms with Gasteiger partial charge in [0.15, 0.2) is 0 Å². The zero-order chi connectivity index (χ0) is 25.2. The summed E-state index contributed by atoms with van der Waals surface area (Å²) in [5.74, 6) is 0.0282. The van der Waals surface area contributed by atoms with Crippen LogP contribution in [0.15, 0.2) is 30.3 Å². The number of alkyl carbamates (subject to hydrolysis) is 1. The van der Waals surface area contributed by atoms with Gasteiger partial charge in [0.25, 0.3) is 0 Å². The molecular formula is C25H41N3O5. The predicted molar refractivity (Wildman–Crippen MR) is 129 cm³/mol. The Morgan fingerprint density at radius 3 is 2.12 bits per heavy atom. The monoisotopic (exact) mass is 463 g/mol. The van der Waals surface area contributed by atoms with E-state index in [1.54, 1.807) is 0 Å². The first kappa shape index (κ1) is 30.1. The van der Waals surface area contributed by atoms with E-state index < -0.39 is 30.0 Å². The van der Waals surface area contributed by atoms with Crippen LogP contribution in [0.5, 0.6) is 0 Å². The molecule has 0 fully saturated rings. The Hall–Kier alpha value is -2.90. The topological polar surface area (TPSA) is 114 Å². The SMILES string of the molecule is CC(C)C.CCCC(C=O)NC(=O)CNC(=O)C(CC(C)C)NC(=O)OCc1ccccc1. The lowest BCUT2D eigenvalue weighted by atomic mass is 10.0. The van der Waals surface area contributed by atoms with Crippen molar-refractivity contribution in [3.63, 3.8) is 0 Å². The summed E-state index contributed by atoms with van der Waals surface area (Å²) in [5.41, 5.74) is 0.834. The van der Waals surface area contributed by atoms with Gasteiger partial charge in [-0.15, -0.1) is 0 Å². The Morgan fingerprint density at radius 2 is 1.61 bits per heavy atom. The second kappa shape index (κ2) is 17.6. The average molecular weight is 464 g/mol. The molecule has 0 saturated carbocycles. The number of hydrogen-bond acceptors (Lipinski definition) is 5. The van der Waals surface area contributed by atoms with Crippen molar-refractivity contribution < 1.29 is 23.9 Å². The lowest BCUT2D eigenvalue weighted by Crippen LogP contribution is -2.50. The minimum absolute atomic E-state index is 0.0929. The molecule has 2 atom stereocenters. The van der Waals surface area contributed by atoms with Gasteiger partial charge in [0.05, 0.1) is 12.6 Å². The quantitative estimate of drug-likeness (QED) is 0.410. The highest BCUT2D eigenvalue weighted by Crippen LogP contribution is 2.06. The largest absolute Gasteiger partial charge is 0.445 e. The van der Waals surface area contributed by atoms with Crippen LogP contribution in [0.2, 0.25) is 0 Å². The molecule has 0 heterocycles. The van der Waals surface area contributed by atoms with Crippen LogP contribution >= 0.6 is 0 Å². The number of carbonyl (C=O) groups is 4. The van der Waals surface area contributed by atoms with Crippen molar-refractivity contribution in [3.8, 4) is 0 Å². The Labute approximate surface area is 198 Å². The van der Waals surface area contributed by atoms with Crippen LogP contribution in [0.1, 0.15) is 66.4 Å². The third kappa shape index (κ3) is 16.4. The van der Waals surface area contributed by atoms with E-state index in [2.05, 4.69) is 36.7 Å². The number of rotatable bonds is 12. The fraction of sp³-hybridized carbons (Fsp3) is 0.600. The molecule has 186 valence electrons. The average Bonchev–Trinajstić information content (AvgIpc) is 2.75. The molecule has 0 spiro atoms. The van der Waals surface area contributed by atoms with Crippen LogP contribution in [0.4, 0.5) is 4.79 Å². The molecule has 1 rings (SSSR count). The highest BCUT2D eigenvalue weighted by atomic mass is 16.5. The number of amides is 3. The van der Waals surface area contributed by atoms with Crippen molar-refractivity contribution in [1.29, 1.82) is 0 Å². The fourth-order valence-electron chi connectivity index (χ4n) is 2.64. The minimum Gasteiger partial charge on any atom is -0.445 e. The van der Waals surface area contributed by atoms with E-state index in [1.807, 2.05) is 51.1 Å². The maximum atomic E-state index is 12.4. The molecule has 8 heteroatoms. The fourth-order valence-corrected chi connectivity index (χ4v) is 2.64. The van der Waals surface area contributed by atoms with Crippen molar-refractivity contribution in [2.75, 3.05) is 6.54 Å². The molecule has 2 unspecified atom stereocenters. The highest BCUT2D eigenvalue weighted by molar-refractivity contribution is 5.90. The number of aldehydes is 1. The summed E-state index contributed by atoms with van der Waals surface area (Å²) in [6.45, 7) is 12.1. The van der Waals surface area contributed by atoms with E-state index in [-0.39, 0.29) is 19.1 Å². The molecule has 0 aromatic heterocycles. The summed E-state index contributed by atoms with van der Waals surface area (Å²) in [6, 6.07) is 7.80. The summed E-state index contributed by atoms with van der Waals surface area (Å²) in [7, 11) is 0. The Morgan fingerprint density at radius 1 is 1.00 bits per heavy atom. The van der Waals surface area contributed by atoms with Crippen molar-refractivity contribution in [1.82, 2.24) is 16.0 Å². The van der Waals surface area contributed by atoms with Gasteiger partial charge in [-0.2, -0.15) is 0 Å². The van der Waals surface area contributed by atoms with Crippen LogP contribution in [0, 0.1) is 11.8 Å². The number of benzene rings is 1. The zero-order valence-electron chi connectivity index (χ0n) is 20.9. The van der Waals surface area contributed by atoms with Crippen LogP contribution < -0.4 is 16.0 Å². The zero-order valence-corrected chi connectivity index (χ0v) is 20.9. The van der Waals surface area contributed by atoms with Crippen LogP contribution in [-0.2, 0) is 25.7 Å². The molecule has 0 aliphatic heterocycles. The third-order valence-electron chi connectivity index (χ3n) is 4.06. The molecule has 8 nitrogen and oxygen atoms in total. The van der Waals surface area contributed by atoms with Gasteiger partial charge in [-0.05, 0) is 30.2 Å². The predicted octanol–water partition coefficient (Wildman–Crippen LogP) is 3.59. The third-order valence-corrected chi connectivity index (χ3v) is 4.06. The van der Waals surface area contributed by atoms with Crippen molar-refractivity contribution in [2.45, 2.75) is 79.5 Å². The standard InChI is InChI=1S/C21H31N3O5.C4H10/c1-4-8-17(13-25)23-19(26)12-22-20(27)18(11-15(2)3)24-21(28)29-14-16-9-6-5-7-10-16;1-4(2)3/h5-7,9-10,13,15,17-18H,4,8,11-12,14H2,1-3H3,(H,22,27)(H,23,26)(H,24,28);4H,1-3H3. The normalized spacial score (nSPS) is 12.1. The molecule has 33 heavy (non-hydrogen) atoms. The second-order valence-electron chi connectivity index (χ2n) is 8.94. The van der Waals surface area contributed by atoms with Gasteiger partial charge in [-0.3, -0.25) is 9.59 Å². The van der Waals surface area contributed by atoms with Crippen LogP contribution in [0.3, 0.4) is 0 Å². The highest BCUT2D eigenvalue weighted by Gasteiger charge is 2.23. The van der Waals surface area contributed by atoms with Crippen LogP contribution in [-0.4, -0.2) is 42.8 Å². The van der Waals surface area contributed by atoms with Gasteiger partial charge in [0, 0.05) is 0 Å². The molecule has 1 aromatic rings. The summed E-state index contributed by atoms with van der Waals surface area (Å²) in [5, 5.41) is 7.60. The van der Waals surface area contributed by atoms with E-state index in [0.717, 1.165) is 17.9 Å². The van der Waals surface area contributed by atoms with E-state index >= 15 is 0 Å². The van der Waals surface area contributed by atoms with Gasteiger partial charge in [0.2, 0.25) is 11.8 Å². The lowest BCUT2D eigenvalue weighted by molar-refractivity contribution is -0.128. The number of hydrogen-bond donors (Lipinski definition) is 3. The summed E-state index contributed by atoms with van der Waals surface area (Å²) in [4.78, 5) is 47.4. The van der Waals surface area contributed by atoms with Crippen molar-refractivity contribution >= 4 is 24.2 Å². The maximum absolute atomic E-state index is 12.4. The molecule has 3 N–H and O–H groups in total. The van der Waals surface area contributed by atoms with Gasteiger partial charge >= 0.3 is 6.09 Å². The molecule has 0 aliphatic rings. The van der Waals surface area contributed by atoms with Crippen LogP contribution in [0.25, 0.3) is 0 Å². The van der Waals surface area contributed by atoms with Gasteiger partial charge < -0.3 is 25.5 Å². The van der Waals surface area contributed by atoms with Crippen molar-refractivity contribution in [2.24, 2.45) is 11.8 Å². The van der Waals surface area contributed by atoms with Gasteiger partial charge in [0.1, 0.15) is 18.9 Å². The Balaban J connectivity index is 0.00000235. The molecule has 0 aliphatic carbocycles. The van der Waals surface area contributed by atoms with E-state index in [0.29, 0.717) is 19.1 Å². The lowest BCUT2D eigenvalue weighted by Gasteiger charge is -2.20. The molecular weight excluding hydrogens is 422 g/mol. The van der Waals surface area contributed by atoms with Crippen molar-refractivity contribution in [3.05, 3.63) is 35.9 Å². The Kier molecular flexibility index (Phi) is 16.1. The first-order valence-corrected chi connectivity index (χ1v) is 11.6. The first-order valence-electron chi connectivity index (χ1n) is 11.6. The van der Waals surface area contributed by atoms with E-state index in [4.69, 9.17) is 4.74 Å². The summed E-state index contributed by atoms with van der Waals surface area (Å²) in [6.07, 6.45) is 1.65. The van der Waals surface area contributed by atoms with Gasteiger partial charge in [-0.1, -0.05) is 78.3 Å². The first-order chi connectivity index (χ1) is 15.6. The second-order valence-corrected chi connectivity index (χ2v) is 8.94. The molecule has 0 saturated heterocycles. The van der Waals surface area contributed by atoms with E-state index in [1.165, 1.54) is 0 Å². The molecule has 1 aromatic carbocycles. The van der Waals surface area contributed by atoms with Gasteiger partial charge in [-0.25, -0.2) is 4.79 Å². The molecule has 3 amide bonds. The summed E-state index contributed by atoms with van der Waals surface area (Å²) >= 11 is 0. The summed E-state index contributed by atoms with van der Waals surface area (Å²) < 4.78 is 5.16. The molecule has 0 radical (unpaired) electrons. The maximum Gasteiger partial charge on any atom is 0.408 e. The minimum atomic E-state index is -0.830. The number of carbonyl (C=O) groups excluding carboxylic acids is 4. The molecule has 0 bridgehead atoms. The Bertz CT molecular complexity index is 704. The smallest absolute Gasteiger partial charge is 0.408 e. The number of nitrogens with one attached hydrogen (secondary N) is 3.